The average molecular weight is 276 g/mol. The molecule has 1 rings (SSSR count). The highest BCUT2D eigenvalue weighted by atomic mass is 79.9. The number of rotatable bonds is 4. The summed E-state index contributed by atoms with van der Waals surface area (Å²) >= 11 is 3.15. The maximum Gasteiger partial charge on any atom is 0.460 e. The molecule has 1 atom stereocenters. The molecule has 0 aliphatic carbocycles. The summed E-state index contributed by atoms with van der Waals surface area (Å²) in [5.74, 6) is 0. The molecular formula is C8H13BrF3NO. The van der Waals surface area contributed by atoms with Crippen LogP contribution in [-0.4, -0.2) is 42.3 Å². The second-order valence-electron chi connectivity index (χ2n) is 3.22. The molecule has 1 fully saturated rings. The van der Waals surface area contributed by atoms with Crippen LogP contribution in [0.2, 0.25) is 0 Å². The molecule has 0 N–H and O–H groups in total. The topological polar surface area (TPSA) is 12.5 Å². The summed E-state index contributed by atoms with van der Waals surface area (Å²) < 4.78 is 42.2. The van der Waals surface area contributed by atoms with E-state index in [4.69, 9.17) is 4.74 Å². The summed E-state index contributed by atoms with van der Waals surface area (Å²) in [6.45, 7) is 0.735. The summed E-state index contributed by atoms with van der Waals surface area (Å²) in [7, 11) is 0. The first-order valence-electron chi connectivity index (χ1n) is 4.53. The van der Waals surface area contributed by atoms with Crippen LogP contribution in [0.15, 0.2) is 0 Å². The molecule has 6 heteroatoms. The van der Waals surface area contributed by atoms with E-state index in [0.29, 0.717) is 29.7 Å². The Kier molecular flexibility index (Phi) is 4.66. The van der Waals surface area contributed by atoms with Gasteiger partial charge in [0.05, 0.1) is 13.2 Å². The SMILES string of the molecule is FC(F)(F)N1CCCC1COCCBr. The van der Waals surface area contributed by atoms with Crippen molar-refractivity contribution in [3.05, 3.63) is 0 Å². The molecule has 1 heterocycles. The molecule has 1 unspecified atom stereocenters. The molecule has 1 aliphatic rings. The minimum Gasteiger partial charge on any atom is -0.379 e. The van der Waals surface area contributed by atoms with Crippen LogP contribution in [0.4, 0.5) is 13.2 Å². The Bertz CT molecular complexity index is 176. The van der Waals surface area contributed by atoms with Gasteiger partial charge in [0.15, 0.2) is 0 Å². The van der Waals surface area contributed by atoms with Crippen LogP contribution in [0, 0.1) is 0 Å². The van der Waals surface area contributed by atoms with Gasteiger partial charge in [-0.1, -0.05) is 15.9 Å². The third-order valence-electron chi connectivity index (χ3n) is 2.23. The van der Waals surface area contributed by atoms with Crippen LogP contribution in [-0.2, 0) is 4.74 Å². The highest BCUT2D eigenvalue weighted by Crippen LogP contribution is 2.30. The molecule has 0 radical (unpaired) electrons. The van der Waals surface area contributed by atoms with Gasteiger partial charge in [0.25, 0.3) is 0 Å². The largest absolute Gasteiger partial charge is 0.460 e. The minimum atomic E-state index is -4.21. The molecule has 1 aliphatic heterocycles. The van der Waals surface area contributed by atoms with E-state index >= 15 is 0 Å². The van der Waals surface area contributed by atoms with Crippen LogP contribution in [0.3, 0.4) is 0 Å². The lowest BCUT2D eigenvalue weighted by Gasteiger charge is -2.26. The molecule has 84 valence electrons. The number of hydrogen-bond acceptors (Lipinski definition) is 2. The van der Waals surface area contributed by atoms with Crippen LogP contribution in [0.1, 0.15) is 12.8 Å². The van der Waals surface area contributed by atoms with Gasteiger partial charge in [0.1, 0.15) is 0 Å². The average Bonchev–Trinajstić information content (AvgIpc) is 2.52. The Balaban J connectivity index is 2.36. The number of halogens is 4. The van der Waals surface area contributed by atoms with Crippen molar-refractivity contribution in [1.82, 2.24) is 4.90 Å². The van der Waals surface area contributed by atoms with Gasteiger partial charge >= 0.3 is 6.30 Å². The molecule has 0 aromatic rings. The van der Waals surface area contributed by atoms with Crippen LogP contribution in [0.25, 0.3) is 0 Å². The third-order valence-corrected chi connectivity index (χ3v) is 2.56. The van der Waals surface area contributed by atoms with Crippen LogP contribution < -0.4 is 0 Å². The zero-order valence-electron chi connectivity index (χ0n) is 7.69. The fourth-order valence-electron chi connectivity index (χ4n) is 1.62. The Labute approximate surface area is 89.5 Å². The molecule has 14 heavy (non-hydrogen) atoms. The lowest BCUT2D eigenvalue weighted by atomic mass is 10.2. The standard InChI is InChI=1S/C8H13BrF3NO/c9-3-5-14-6-7-2-1-4-13(7)8(10,11)12/h7H,1-6H2. The maximum absolute atomic E-state index is 12.4. The van der Waals surface area contributed by atoms with Crippen molar-refractivity contribution in [2.24, 2.45) is 0 Å². The predicted octanol–water partition coefficient (Wildman–Crippen LogP) is 2.38. The van der Waals surface area contributed by atoms with Gasteiger partial charge in [0, 0.05) is 17.9 Å². The maximum atomic E-state index is 12.4. The molecular weight excluding hydrogens is 263 g/mol. The summed E-state index contributed by atoms with van der Waals surface area (Å²) in [6, 6.07) is -0.492. The van der Waals surface area contributed by atoms with Crippen molar-refractivity contribution >= 4 is 15.9 Å². The summed E-state index contributed by atoms with van der Waals surface area (Å²) in [5.41, 5.74) is 0. The Hall–Kier alpha value is 0.190. The lowest BCUT2D eigenvalue weighted by molar-refractivity contribution is -0.253. The van der Waals surface area contributed by atoms with E-state index in [9.17, 15) is 13.2 Å². The van der Waals surface area contributed by atoms with Crippen molar-refractivity contribution in [1.29, 1.82) is 0 Å². The first kappa shape index (κ1) is 12.3. The normalized spacial score (nSPS) is 24.4. The van der Waals surface area contributed by atoms with Gasteiger partial charge in [-0.15, -0.1) is 0 Å². The van der Waals surface area contributed by atoms with E-state index in [2.05, 4.69) is 15.9 Å². The summed E-state index contributed by atoms with van der Waals surface area (Å²) in [4.78, 5) is 0.571. The minimum absolute atomic E-state index is 0.103. The molecule has 1 saturated heterocycles. The molecule has 0 spiro atoms. The Morgan fingerprint density at radius 2 is 2.14 bits per heavy atom. The van der Waals surface area contributed by atoms with E-state index in [1.165, 1.54) is 0 Å². The zero-order chi connectivity index (χ0) is 10.6. The van der Waals surface area contributed by atoms with Gasteiger partial charge in [-0.3, -0.25) is 0 Å². The fourth-order valence-corrected chi connectivity index (χ4v) is 1.85. The van der Waals surface area contributed by atoms with E-state index < -0.39 is 12.3 Å². The highest BCUT2D eigenvalue weighted by Gasteiger charge is 2.44. The molecule has 0 amide bonds. The number of likely N-dealkylation sites (tertiary alicyclic amines) is 1. The van der Waals surface area contributed by atoms with E-state index in [1.807, 2.05) is 0 Å². The van der Waals surface area contributed by atoms with Crippen molar-refractivity contribution in [2.45, 2.75) is 25.2 Å². The number of alkyl halides is 4. The molecule has 0 bridgehead atoms. The van der Waals surface area contributed by atoms with Crippen molar-refractivity contribution in [2.75, 3.05) is 25.1 Å². The van der Waals surface area contributed by atoms with Crippen molar-refractivity contribution < 1.29 is 17.9 Å². The van der Waals surface area contributed by atoms with Crippen LogP contribution >= 0.6 is 15.9 Å². The van der Waals surface area contributed by atoms with E-state index in [-0.39, 0.29) is 13.2 Å². The smallest absolute Gasteiger partial charge is 0.379 e. The van der Waals surface area contributed by atoms with Gasteiger partial charge in [-0.25, -0.2) is 4.90 Å². The third kappa shape index (κ3) is 3.40. The van der Waals surface area contributed by atoms with E-state index in [1.54, 1.807) is 0 Å². The second kappa shape index (κ2) is 5.32. The first-order chi connectivity index (χ1) is 6.55. The lowest BCUT2D eigenvalue weighted by Crippen LogP contribution is -2.43. The van der Waals surface area contributed by atoms with Gasteiger partial charge < -0.3 is 4.74 Å². The van der Waals surface area contributed by atoms with Gasteiger partial charge in [0.2, 0.25) is 0 Å². The molecule has 0 aromatic heterocycles. The number of nitrogens with zero attached hydrogens (tertiary/aromatic N) is 1. The van der Waals surface area contributed by atoms with Crippen molar-refractivity contribution in [3.63, 3.8) is 0 Å². The fraction of sp³-hybridized carbons (Fsp3) is 1.00. The number of ether oxygens (including phenoxy) is 1. The van der Waals surface area contributed by atoms with Gasteiger partial charge in [-0.05, 0) is 12.8 Å². The summed E-state index contributed by atoms with van der Waals surface area (Å²) in [5, 5.41) is 0.658. The van der Waals surface area contributed by atoms with E-state index in [0.717, 1.165) is 0 Å². The zero-order valence-corrected chi connectivity index (χ0v) is 9.27. The molecule has 0 aromatic carbocycles. The quantitative estimate of drug-likeness (QED) is 0.444. The predicted molar refractivity (Wildman–Crippen MR) is 50.4 cm³/mol. The van der Waals surface area contributed by atoms with Crippen molar-refractivity contribution in [3.8, 4) is 0 Å². The molecule has 2 nitrogen and oxygen atoms in total. The summed E-state index contributed by atoms with van der Waals surface area (Å²) in [6.07, 6.45) is -3.04. The van der Waals surface area contributed by atoms with Gasteiger partial charge in [-0.2, -0.15) is 13.2 Å². The molecule has 0 saturated carbocycles. The van der Waals surface area contributed by atoms with Crippen LogP contribution in [0.5, 0.6) is 0 Å². The Morgan fingerprint density at radius 3 is 2.71 bits per heavy atom. The second-order valence-corrected chi connectivity index (χ2v) is 4.01. The Morgan fingerprint density at radius 1 is 1.43 bits per heavy atom. The highest BCUT2D eigenvalue weighted by molar-refractivity contribution is 9.09. The monoisotopic (exact) mass is 275 g/mol. The first-order valence-corrected chi connectivity index (χ1v) is 5.65. The number of hydrogen-bond donors (Lipinski definition) is 0.